The van der Waals surface area contributed by atoms with Crippen LogP contribution >= 0.6 is 11.6 Å². The monoisotopic (exact) mass is 199 g/mol. The highest BCUT2D eigenvalue weighted by Gasteiger charge is 2.34. The van der Waals surface area contributed by atoms with E-state index in [0.29, 0.717) is 0 Å². The molecule has 1 aliphatic carbocycles. The van der Waals surface area contributed by atoms with E-state index in [2.05, 4.69) is 11.5 Å². The molecular weight excluding hydrogens is 182 g/mol. The number of halogens is 1. The van der Waals surface area contributed by atoms with Crippen molar-refractivity contribution in [2.75, 3.05) is 13.1 Å². The molecule has 2 fully saturated rings. The highest BCUT2D eigenvalue weighted by atomic mass is 35.5. The quantitative estimate of drug-likeness (QED) is 0.676. The SMILES string of the molecule is C=C(Cl)CN1CCCC1C1CCC1. The Hall–Kier alpha value is -0.0100. The second-order valence-electron chi connectivity index (χ2n) is 4.39. The van der Waals surface area contributed by atoms with Crippen molar-refractivity contribution in [3.8, 4) is 0 Å². The van der Waals surface area contributed by atoms with Crippen molar-refractivity contribution in [2.45, 2.75) is 38.1 Å². The average Bonchev–Trinajstić information content (AvgIpc) is 2.32. The second kappa shape index (κ2) is 4.02. The van der Waals surface area contributed by atoms with Gasteiger partial charge < -0.3 is 0 Å². The van der Waals surface area contributed by atoms with Crippen molar-refractivity contribution in [3.05, 3.63) is 11.6 Å². The maximum Gasteiger partial charge on any atom is 0.0338 e. The van der Waals surface area contributed by atoms with Crippen molar-refractivity contribution in [1.29, 1.82) is 0 Å². The summed E-state index contributed by atoms with van der Waals surface area (Å²) in [6.45, 7) is 5.91. The number of hydrogen-bond acceptors (Lipinski definition) is 1. The van der Waals surface area contributed by atoms with Crippen LogP contribution in [0.25, 0.3) is 0 Å². The minimum atomic E-state index is 0.797. The first kappa shape index (κ1) is 9.54. The molecule has 0 bridgehead atoms. The standard InChI is InChI=1S/C11H18ClN/c1-9(12)8-13-7-3-6-11(13)10-4-2-5-10/h10-11H,1-8H2. The van der Waals surface area contributed by atoms with Crippen LogP contribution in [0, 0.1) is 5.92 Å². The molecular formula is C11H18ClN. The van der Waals surface area contributed by atoms with E-state index in [9.17, 15) is 0 Å². The highest BCUT2D eigenvalue weighted by molar-refractivity contribution is 6.29. The Morgan fingerprint density at radius 1 is 1.31 bits per heavy atom. The van der Waals surface area contributed by atoms with Gasteiger partial charge in [-0.3, -0.25) is 4.90 Å². The van der Waals surface area contributed by atoms with E-state index >= 15 is 0 Å². The Kier molecular flexibility index (Phi) is 2.95. The lowest BCUT2D eigenvalue weighted by atomic mass is 9.79. The maximum absolute atomic E-state index is 5.85. The molecule has 1 unspecified atom stereocenters. The zero-order valence-electron chi connectivity index (χ0n) is 8.14. The van der Waals surface area contributed by atoms with Crippen LogP contribution in [0.3, 0.4) is 0 Å². The Bertz CT molecular complexity index is 198. The fourth-order valence-electron chi connectivity index (χ4n) is 2.63. The Morgan fingerprint density at radius 3 is 2.62 bits per heavy atom. The van der Waals surface area contributed by atoms with Gasteiger partial charge in [0.05, 0.1) is 0 Å². The molecule has 1 nitrogen and oxygen atoms in total. The highest BCUT2D eigenvalue weighted by Crippen LogP contribution is 2.37. The van der Waals surface area contributed by atoms with Crippen LogP contribution in [0.15, 0.2) is 11.6 Å². The summed E-state index contributed by atoms with van der Waals surface area (Å²) in [5.74, 6) is 0.971. The summed E-state index contributed by atoms with van der Waals surface area (Å²) >= 11 is 5.85. The number of rotatable bonds is 3. The van der Waals surface area contributed by atoms with Gasteiger partial charge in [-0.2, -0.15) is 0 Å². The third kappa shape index (κ3) is 2.08. The van der Waals surface area contributed by atoms with Crippen LogP contribution in [0.4, 0.5) is 0 Å². The smallest absolute Gasteiger partial charge is 0.0338 e. The van der Waals surface area contributed by atoms with Gasteiger partial charge in [-0.1, -0.05) is 24.6 Å². The summed E-state index contributed by atoms with van der Waals surface area (Å²) in [5.41, 5.74) is 0. The predicted octanol–water partition coefficient (Wildman–Crippen LogP) is 3.00. The van der Waals surface area contributed by atoms with Crippen molar-refractivity contribution in [1.82, 2.24) is 4.90 Å². The van der Waals surface area contributed by atoms with Crippen LogP contribution in [-0.4, -0.2) is 24.0 Å². The molecule has 1 aliphatic heterocycles. The van der Waals surface area contributed by atoms with Crippen molar-refractivity contribution < 1.29 is 0 Å². The fraction of sp³-hybridized carbons (Fsp3) is 0.818. The van der Waals surface area contributed by atoms with Gasteiger partial charge in [-0.15, -0.1) is 0 Å². The molecule has 0 aromatic carbocycles. The van der Waals surface area contributed by atoms with Gasteiger partial charge in [0.15, 0.2) is 0 Å². The molecule has 2 rings (SSSR count). The summed E-state index contributed by atoms with van der Waals surface area (Å²) in [6.07, 6.45) is 7.06. The van der Waals surface area contributed by atoms with Crippen molar-refractivity contribution in [3.63, 3.8) is 0 Å². The minimum absolute atomic E-state index is 0.797. The second-order valence-corrected chi connectivity index (χ2v) is 4.92. The zero-order valence-corrected chi connectivity index (χ0v) is 8.89. The van der Waals surface area contributed by atoms with E-state index in [1.54, 1.807) is 0 Å². The van der Waals surface area contributed by atoms with Gasteiger partial charge >= 0.3 is 0 Å². The molecule has 1 saturated carbocycles. The van der Waals surface area contributed by atoms with Gasteiger partial charge in [0, 0.05) is 17.6 Å². The largest absolute Gasteiger partial charge is 0.295 e. The van der Waals surface area contributed by atoms with Gasteiger partial charge in [0.25, 0.3) is 0 Å². The molecule has 0 spiro atoms. The van der Waals surface area contributed by atoms with Gasteiger partial charge in [0.1, 0.15) is 0 Å². The first-order valence-electron chi connectivity index (χ1n) is 5.34. The molecule has 0 aromatic heterocycles. The summed E-state index contributed by atoms with van der Waals surface area (Å²) < 4.78 is 0. The molecule has 2 aliphatic rings. The minimum Gasteiger partial charge on any atom is -0.295 e. The number of nitrogens with zero attached hydrogens (tertiary/aromatic N) is 1. The predicted molar refractivity (Wildman–Crippen MR) is 56.9 cm³/mol. The topological polar surface area (TPSA) is 3.24 Å². The average molecular weight is 200 g/mol. The van der Waals surface area contributed by atoms with Gasteiger partial charge in [0.2, 0.25) is 0 Å². The lowest BCUT2D eigenvalue weighted by molar-refractivity contribution is 0.142. The van der Waals surface area contributed by atoms with E-state index in [4.69, 9.17) is 11.6 Å². The van der Waals surface area contributed by atoms with Crippen LogP contribution in [0.5, 0.6) is 0 Å². The third-order valence-electron chi connectivity index (χ3n) is 3.48. The molecule has 13 heavy (non-hydrogen) atoms. The van der Waals surface area contributed by atoms with E-state index in [-0.39, 0.29) is 0 Å². The molecule has 0 radical (unpaired) electrons. The van der Waals surface area contributed by atoms with E-state index in [0.717, 1.165) is 23.5 Å². The molecule has 74 valence electrons. The Morgan fingerprint density at radius 2 is 2.08 bits per heavy atom. The summed E-state index contributed by atoms with van der Waals surface area (Å²) in [5, 5.41) is 0.797. The molecule has 2 heteroatoms. The van der Waals surface area contributed by atoms with E-state index < -0.39 is 0 Å². The Labute approximate surface area is 85.8 Å². The Balaban J connectivity index is 1.89. The lowest BCUT2D eigenvalue weighted by Gasteiger charge is -2.36. The lowest BCUT2D eigenvalue weighted by Crippen LogP contribution is -2.39. The third-order valence-corrected chi connectivity index (χ3v) is 3.60. The normalized spacial score (nSPS) is 30.4. The van der Waals surface area contributed by atoms with Crippen LogP contribution in [0.1, 0.15) is 32.1 Å². The van der Waals surface area contributed by atoms with Gasteiger partial charge in [-0.05, 0) is 38.1 Å². The van der Waals surface area contributed by atoms with Crippen LogP contribution in [0.2, 0.25) is 0 Å². The molecule has 0 aromatic rings. The summed E-state index contributed by atoms with van der Waals surface area (Å²) in [7, 11) is 0. The molecule has 1 heterocycles. The molecule has 1 atom stereocenters. The number of likely N-dealkylation sites (tertiary alicyclic amines) is 1. The first-order chi connectivity index (χ1) is 6.27. The van der Waals surface area contributed by atoms with Gasteiger partial charge in [-0.25, -0.2) is 0 Å². The zero-order chi connectivity index (χ0) is 9.26. The van der Waals surface area contributed by atoms with Crippen molar-refractivity contribution in [2.24, 2.45) is 5.92 Å². The fourth-order valence-corrected chi connectivity index (χ4v) is 2.78. The first-order valence-corrected chi connectivity index (χ1v) is 5.72. The van der Waals surface area contributed by atoms with Crippen molar-refractivity contribution >= 4 is 11.6 Å². The summed E-state index contributed by atoms with van der Waals surface area (Å²) in [6, 6.07) is 0.823. The number of hydrogen-bond donors (Lipinski definition) is 0. The molecule has 1 saturated heterocycles. The summed E-state index contributed by atoms with van der Waals surface area (Å²) in [4.78, 5) is 2.53. The van der Waals surface area contributed by atoms with E-state index in [1.807, 2.05) is 0 Å². The van der Waals surface area contributed by atoms with E-state index in [1.165, 1.54) is 38.6 Å². The van der Waals surface area contributed by atoms with Crippen LogP contribution in [-0.2, 0) is 0 Å². The van der Waals surface area contributed by atoms with Crippen LogP contribution < -0.4 is 0 Å². The molecule has 0 N–H and O–H groups in total. The maximum atomic E-state index is 5.85. The molecule has 0 amide bonds.